The van der Waals surface area contributed by atoms with Crippen molar-refractivity contribution in [3.05, 3.63) is 52.8 Å². The van der Waals surface area contributed by atoms with Crippen LogP contribution >= 0.6 is 12.2 Å². The number of ether oxygens (including phenoxy) is 3. The summed E-state index contributed by atoms with van der Waals surface area (Å²) in [5, 5.41) is 11.5. The molecule has 8 heteroatoms. The van der Waals surface area contributed by atoms with Crippen molar-refractivity contribution < 1.29 is 14.2 Å². The smallest absolute Gasteiger partial charge is 0.216 e. The number of nitrogens with zero attached hydrogens (tertiary/aromatic N) is 3. The molecule has 0 atom stereocenters. The molecule has 0 aliphatic heterocycles. The average Bonchev–Trinajstić information content (AvgIpc) is 3.07. The van der Waals surface area contributed by atoms with Crippen molar-refractivity contribution in [2.45, 2.75) is 6.92 Å². The monoisotopic (exact) mass is 384 g/mol. The Balaban J connectivity index is 1.97. The van der Waals surface area contributed by atoms with Crippen LogP contribution in [0.1, 0.15) is 12.5 Å². The van der Waals surface area contributed by atoms with E-state index >= 15 is 0 Å². The Kier molecular flexibility index (Phi) is 5.87. The molecule has 27 heavy (non-hydrogen) atoms. The Hall–Kier alpha value is -3.13. The van der Waals surface area contributed by atoms with Gasteiger partial charge in [0.15, 0.2) is 17.3 Å². The van der Waals surface area contributed by atoms with E-state index in [1.54, 1.807) is 25.1 Å². The molecule has 0 saturated carbocycles. The van der Waals surface area contributed by atoms with Crippen LogP contribution in [0.2, 0.25) is 0 Å². The van der Waals surface area contributed by atoms with Gasteiger partial charge in [0.05, 0.1) is 32.6 Å². The van der Waals surface area contributed by atoms with E-state index in [0.29, 0.717) is 34.5 Å². The number of aromatic amines is 1. The molecule has 7 nitrogen and oxygen atoms in total. The lowest BCUT2D eigenvalue weighted by Crippen LogP contribution is -1.98. The first-order valence-corrected chi connectivity index (χ1v) is 8.74. The van der Waals surface area contributed by atoms with E-state index in [9.17, 15) is 0 Å². The van der Waals surface area contributed by atoms with Gasteiger partial charge in [0.2, 0.25) is 4.77 Å². The number of benzene rings is 2. The molecule has 1 aromatic heterocycles. The van der Waals surface area contributed by atoms with Gasteiger partial charge in [-0.3, -0.25) is 0 Å². The molecule has 0 fully saturated rings. The lowest BCUT2D eigenvalue weighted by atomic mass is 10.2. The molecule has 0 saturated heterocycles. The predicted molar refractivity (Wildman–Crippen MR) is 107 cm³/mol. The van der Waals surface area contributed by atoms with Gasteiger partial charge in [-0.1, -0.05) is 12.1 Å². The molecule has 2 aromatic carbocycles. The summed E-state index contributed by atoms with van der Waals surface area (Å²) in [5.41, 5.74) is 1.62. The third-order valence-corrected chi connectivity index (χ3v) is 4.07. The standard InChI is InChI=1S/C19H20N4O3S/c1-4-26-16-10-9-13(11-17(16)25-3)12-20-23-18(21-22-19(23)27)14-7-5-6-8-15(14)24-2/h5-12H,4H2,1-3H3,(H,22,27). The molecule has 1 N–H and O–H groups in total. The van der Waals surface area contributed by atoms with Crippen molar-refractivity contribution in [2.75, 3.05) is 20.8 Å². The van der Waals surface area contributed by atoms with Crippen LogP contribution in [0.15, 0.2) is 47.6 Å². The van der Waals surface area contributed by atoms with Gasteiger partial charge in [-0.2, -0.15) is 14.9 Å². The van der Waals surface area contributed by atoms with E-state index in [4.69, 9.17) is 26.4 Å². The SMILES string of the molecule is CCOc1ccc(C=Nn2c(-c3ccccc3OC)n[nH]c2=S)cc1OC. The zero-order valence-electron chi connectivity index (χ0n) is 15.3. The lowest BCUT2D eigenvalue weighted by molar-refractivity contribution is 0.311. The second-order valence-electron chi connectivity index (χ2n) is 5.45. The predicted octanol–water partition coefficient (Wildman–Crippen LogP) is 3.91. The fourth-order valence-corrected chi connectivity index (χ4v) is 2.75. The lowest BCUT2D eigenvalue weighted by Gasteiger charge is -2.09. The molecule has 0 amide bonds. The first kappa shape index (κ1) is 18.7. The topological polar surface area (TPSA) is 73.7 Å². The summed E-state index contributed by atoms with van der Waals surface area (Å²) < 4.78 is 18.2. The highest BCUT2D eigenvalue weighted by Gasteiger charge is 2.13. The first-order valence-electron chi connectivity index (χ1n) is 8.34. The second kappa shape index (κ2) is 8.50. The molecule has 140 valence electrons. The third-order valence-electron chi connectivity index (χ3n) is 3.81. The number of rotatable bonds is 7. The molecule has 3 aromatic rings. The van der Waals surface area contributed by atoms with E-state index in [1.165, 1.54) is 0 Å². The van der Waals surface area contributed by atoms with Crippen LogP contribution in [0, 0.1) is 4.77 Å². The second-order valence-corrected chi connectivity index (χ2v) is 5.84. The number of nitrogens with one attached hydrogen (secondary N) is 1. The minimum atomic E-state index is 0.380. The summed E-state index contributed by atoms with van der Waals surface area (Å²) in [4.78, 5) is 0. The average molecular weight is 384 g/mol. The number of hydrogen-bond donors (Lipinski definition) is 1. The summed E-state index contributed by atoms with van der Waals surface area (Å²) in [7, 11) is 3.21. The summed E-state index contributed by atoms with van der Waals surface area (Å²) in [6.45, 7) is 2.49. The van der Waals surface area contributed by atoms with Crippen molar-refractivity contribution in [3.63, 3.8) is 0 Å². The molecule has 1 heterocycles. The summed E-state index contributed by atoms with van der Waals surface area (Å²) >= 11 is 5.32. The number of aromatic nitrogens is 3. The van der Waals surface area contributed by atoms with Gasteiger partial charge < -0.3 is 14.2 Å². The van der Waals surface area contributed by atoms with Crippen molar-refractivity contribution in [3.8, 4) is 28.6 Å². The molecule has 0 bridgehead atoms. The molecule has 0 aliphatic rings. The highest BCUT2D eigenvalue weighted by Crippen LogP contribution is 2.29. The molecule has 0 unspecified atom stereocenters. The van der Waals surface area contributed by atoms with Gasteiger partial charge in [-0.25, -0.2) is 5.10 Å². The Morgan fingerprint density at radius 1 is 1.11 bits per heavy atom. The van der Waals surface area contributed by atoms with Gasteiger partial charge in [-0.05, 0) is 55.0 Å². The van der Waals surface area contributed by atoms with Crippen LogP contribution in [0.4, 0.5) is 0 Å². The Labute approximate surface area is 162 Å². The normalized spacial score (nSPS) is 10.9. The van der Waals surface area contributed by atoms with Crippen LogP contribution < -0.4 is 14.2 Å². The fraction of sp³-hybridized carbons (Fsp3) is 0.211. The number of hydrogen-bond acceptors (Lipinski definition) is 6. The Bertz CT molecular complexity index is 1010. The van der Waals surface area contributed by atoms with Gasteiger partial charge in [0, 0.05) is 0 Å². The molecular formula is C19H20N4O3S. The summed E-state index contributed by atoms with van der Waals surface area (Å²) in [6, 6.07) is 13.1. The summed E-state index contributed by atoms with van der Waals surface area (Å²) in [5.74, 6) is 2.57. The summed E-state index contributed by atoms with van der Waals surface area (Å²) in [6.07, 6.45) is 1.68. The van der Waals surface area contributed by atoms with E-state index in [1.807, 2.05) is 49.4 Å². The molecule has 0 radical (unpaired) electrons. The van der Waals surface area contributed by atoms with Gasteiger partial charge in [-0.15, -0.1) is 0 Å². The maximum Gasteiger partial charge on any atom is 0.216 e. The van der Waals surface area contributed by atoms with Crippen molar-refractivity contribution in [1.29, 1.82) is 0 Å². The maximum atomic E-state index is 5.53. The van der Waals surface area contributed by atoms with Crippen LogP contribution in [0.5, 0.6) is 17.2 Å². The third kappa shape index (κ3) is 4.01. The Morgan fingerprint density at radius 3 is 2.63 bits per heavy atom. The quantitative estimate of drug-likeness (QED) is 0.494. The van der Waals surface area contributed by atoms with Crippen molar-refractivity contribution >= 4 is 18.4 Å². The zero-order chi connectivity index (χ0) is 19.2. The molecule has 0 aliphatic carbocycles. The van der Waals surface area contributed by atoms with E-state index < -0.39 is 0 Å². The number of methoxy groups -OCH3 is 2. The largest absolute Gasteiger partial charge is 0.496 e. The minimum absolute atomic E-state index is 0.380. The van der Waals surface area contributed by atoms with Gasteiger partial charge in [0.25, 0.3) is 0 Å². The molecular weight excluding hydrogens is 364 g/mol. The highest BCUT2D eigenvalue weighted by molar-refractivity contribution is 7.71. The fourth-order valence-electron chi connectivity index (χ4n) is 2.57. The first-order chi connectivity index (χ1) is 13.2. The van der Waals surface area contributed by atoms with E-state index in [2.05, 4.69) is 15.3 Å². The molecule has 3 rings (SSSR count). The van der Waals surface area contributed by atoms with Crippen LogP contribution in [-0.2, 0) is 0 Å². The molecule has 0 spiro atoms. The van der Waals surface area contributed by atoms with Crippen molar-refractivity contribution in [2.24, 2.45) is 5.10 Å². The van der Waals surface area contributed by atoms with Crippen LogP contribution in [0.3, 0.4) is 0 Å². The van der Waals surface area contributed by atoms with E-state index in [0.717, 1.165) is 11.1 Å². The van der Waals surface area contributed by atoms with Crippen molar-refractivity contribution in [1.82, 2.24) is 14.9 Å². The van der Waals surface area contributed by atoms with E-state index in [-0.39, 0.29) is 0 Å². The number of H-pyrrole nitrogens is 1. The maximum absolute atomic E-state index is 5.53. The number of para-hydroxylation sites is 1. The highest BCUT2D eigenvalue weighted by atomic mass is 32.1. The van der Waals surface area contributed by atoms with Gasteiger partial charge >= 0.3 is 0 Å². The zero-order valence-corrected chi connectivity index (χ0v) is 16.1. The van der Waals surface area contributed by atoms with Crippen LogP contribution in [0.25, 0.3) is 11.4 Å². The van der Waals surface area contributed by atoms with Crippen LogP contribution in [-0.4, -0.2) is 41.9 Å². The minimum Gasteiger partial charge on any atom is -0.496 e. The van der Waals surface area contributed by atoms with Gasteiger partial charge in [0.1, 0.15) is 5.75 Å². The Morgan fingerprint density at radius 2 is 1.89 bits per heavy atom.